The first-order chi connectivity index (χ1) is 54.8. The minimum absolute atomic E-state index is 0.00562. The Morgan fingerprint density at radius 3 is 1.07 bits per heavy atom. The second-order valence-electron chi connectivity index (χ2n) is 23.0. The molecule has 8 aromatic rings. The van der Waals surface area contributed by atoms with E-state index in [1.54, 1.807) is 0 Å². The highest BCUT2D eigenvalue weighted by Crippen LogP contribution is 2.33. The van der Waals surface area contributed by atoms with E-state index in [4.69, 9.17) is 61.4 Å². The van der Waals surface area contributed by atoms with Crippen LogP contribution in [0.15, 0.2) is 180 Å². The number of nitro groups is 4. The van der Waals surface area contributed by atoms with Gasteiger partial charge in [-0.3, -0.25) is 68.7 Å². The Kier molecular flexibility index (Phi) is 35.4. The van der Waals surface area contributed by atoms with E-state index in [0.29, 0.717) is 62.9 Å². The number of hydrogen-bond acceptors (Lipinski definition) is 26. The van der Waals surface area contributed by atoms with Gasteiger partial charge >= 0.3 is 57.0 Å². The molecule has 0 bridgehead atoms. The highest BCUT2D eigenvalue weighted by molar-refractivity contribution is 7.81. The number of terminal acetylenes is 2. The molecule has 8 aromatic carbocycles. The molecule has 0 fully saturated rings. The molecule has 8 rings (SSSR count). The second-order valence-corrected chi connectivity index (χ2v) is 25.0. The molecular formula is C72H60F6N10O26S2. The largest absolute Gasteiger partial charge is 0.487 e. The number of carbonyl (C=O) groups excluding carboxylic acids is 4. The summed E-state index contributed by atoms with van der Waals surface area (Å²) in [4.78, 5) is 93.8. The standard InChI is InChI=1S/C19H14F3NO5.C19H17NO8S.C17H13F3N4O5.C17H16N4O8S/c1-2-9-27-17-11-16(23(25)26)8-5-14(17)12-28-18(24)10-13-3-6-15(7-4-13)19(20,21)22;1-2-3-4-15-12-18(28-29(24,25)26)10-7-16(15)13-27-19(21)11-14-5-8-17(9-6-14)20(22)23;18-17(19,20)13-4-1-11(2-5-13)7-16(25)28-9-12-3-6-14(24(26)27)8-15(12)29-10-22-23-21;18-20-19-8-7-13-10-16(29-30(25,26)27)6-3-14(13)11-28-17(22)9-12-1-4-15(5-2-12)21(23)24/h1,3-8,11H,9-10,12H2;1,5-10,12H,3-4,11,13H2,(H,24,25,26);1-6,8H,7,9-10H2;1-6,10H,7-9,11H2,(H,25,26,27). The Bertz CT molecular complexity index is 5270. The lowest BCUT2D eigenvalue weighted by Gasteiger charge is -2.12. The smallest absolute Gasteiger partial charge is 0.446 e. The first kappa shape index (κ1) is 92.2. The van der Waals surface area contributed by atoms with E-state index in [9.17, 15) is 103 Å². The third-order valence-corrected chi connectivity index (χ3v) is 15.6. The Morgan fingerprint density at radius 1 is 0.431 bits per heavy atom. The third-order valence-electron chi connectivity index (χ3n) is 14.8. The number of halogens is 6. The van der Waals surface area contributed by atoms with E-state index in [1.165, 1.54) is 133 Å². The van der Waals surface area contributed by atoms with Gasteiger partial charge in [0.15, 0.2) is 6.73 Å². The van der Waals surface area contributed by atoms with Crippen molar-refractivity contribution in [3.8, 4) is 47.7 Å². The molecule has 0 aromatic heterocycles. The van der Waals surface area contributed by atoms with Gasteiger partial charge in [-0.2, -0.15) is 43.2 Å². The molecule has 0 spiro atoms. The van der Waals surface area contributed by atoms with Crippen LogP contribution in [0.3, 0.4) is 0 Å². The molecule has 0 aliphatic rings. The van der Waals surface area contributed by atoms with Crippen molar-refractivity contribution in [2.24, 2.45) is 10.2 Å². The highest BCUT2D eigenvalue weighted by Gasteiger charge is 2.31. The van der Waals surface area contributed by atoms with Crippen LogP contribution in [-0.2, 0) is 136 Å². The van der Waals surface area contributed by atoms with E-state index < -0.39 is 94.6 Å². The summed E-state index contributed by atoms with van der Waals surface area (Å²) in [5.41, 5.74) is 19.0. The zero-order chi connectivity index (χ0) is 85.8. The van der Waals surface area contributed by atoms with Gasteiger partial charge in [-0.15, -0.1) is 18.8 Å². The van der Waals surface area contributed by atoms with Gasteiger partial charge in [-0.25, -0.2) is 0 Å². The van der Waals surface area contributed by atoms with Crippen molar-refractivity contribution in [3.05, 3.63) is 298 Å². The molecule has 116 heavy (non-hydrogen) atoms. The minimum Gasteiger partial charge on any atom is -0.487 e. The number of azide groups is 2. The number of hydrogen-bond donors (Lipinski definition) is 2. The van der Waals surface area contributed by atoms with Gasteiger partial charge in [0.1, 0.15) is 56.0 Å². The lowest BCUT2D eigenvalue weighted by Crippen LogP contribution is -2.10. The van der Waals surface area contributed by atoms with Crippen molar-refractivity contribution in [1.82, 2.24) is 0 Å². The van der Waals surface area contributed by atoms with Crippen LogP contribution in [0.1, 0.15) is 73.2 Å². The molecule has 0 atom stereocenters. The Morgan fingerprint density at radius 2 is 0.750 bits per heavy atom. The van der Waals surface area contributed by atoms with Crippen molar-refractivity contribution in [2.45, 2.75) is 83.7 Å². The van der Waals surface area contributed by atoms with E-state index in [2.05, 4.69) is 40.3 Å². The molecule has 0 aliphatic heterocycles. The monoisotopic (exact) mass is 1660 g/mol. The molecular weight excluding hydrogens is 1600 g/mol. The fourth-order valence-electron chi connectivity index (χ4n) is 9.38. The number of alkyl halides is 6. The number of carbonyl (C=O) groups is 4. The first-order valence-corrected chi connectivity index (χ1v) is 35.2. The second kappa shape index (κ2) is 44.6. The maximum atomic E-state index is 12.5. The van der Waals surface area contributed by atoms with Gasteiger partial charge < -0.3 is 36.8 Å². The number of esters is 4. The number of nitrogens with zero attached hydrogens (tertiary/aromatic N) is 10. The summed E-state index contributed by atoms with van der Waals surface area (Å²) in [6.07, 6.45) is 1.73. The molecule has 0 aliphatic carbocycles. The van der Waals surface area contributed by atoms with Crippen LogP contribution in [0.2, 0.25) is 0 Å². The number of non-ortho nitro benzene ring substituents is 4. The lowest BCUT2D eigenvalue weighted by molar-refractivity contribution is -0.385. The zero-order valence-corrected chi connectivity index (χ0v) is 61.1. The average molecular weight is 1660 g/mol. The SMILES string of the molecule is C#CCCc1cc(OS(=O)(=O)O)ccc1COC(=O)Cc1ccc([N+](=O)[O-])cc1.C#CCOc1cc([N+](=O)[O-])ccc1COC(=O)Cc1ccc(C(F)(F)F)cc1.[N-]=[N+]=NCCc1cc(OS(=O)(=O)O)ccc1COC(=O)Cc1ccc([N+](=O)[O-])cc1.[N-]=[N+]=NCOc1cc([N+](=O)[O-])ccc1COC(=O)Cc1ccc(C(F)(F)F)cc1. The van der Waals surface area contributed by atoms with Crippen LogP contribution in [0.5, 0.6) is 23.0 Å². The van der Waals surface area contributed by atoms with Crippen LogP contribution >= 0.6 is 0 Å². The summed E-state index contributed by atoms with van der Waals surface area (Å²) in [6.45, 7) is -1.27. The summed E-state index contributed by atoms with van der Waals surface area (Å²) in [6, 6.07) is 34.8. The van der Waals surface area contributed by atoms with Crippen LogP contribution < -0.4 is 17.8 Å². The minimum atomic E-state index is -4.71. The van der Waals surface area contributed by atoms with Crippen molar-refractivity contribution < 1.29 is 128 Å². The molecule has 608 valence electrons. The van der Waals surface area contributed by atoms with Gasteiger partial charge in [0.25, 0.3) is 22.7 Å². The third kappa shape index (κ3) is 33.7. The summed E-state index contributed by atoms with van der Waals surface area (Å²) in [5, 5.41) is 49.6. The first-order valence-electron chi connectivity index (χ1n) is 32.4. The predicted octanol–water partition coefficient (Wildman–Crippen LogP) is 14.0. The lowest BCUT2D eigenvalue weighted by atomic mass is 10.0. The highest BCUT2D eigenvalue weighted by atomic mass is 32.3. The zero-order valence-electron chi connectivity index (χ0n) is 59.5. The molecule has 0 amide bonds. The summed E-state index contributed by atoms with van der Waals surface area (Å²) >= 11 is 0. The Balaban J connectivity index is 0.000000276. The van der Waals surface area contributed by atoms with Crippen LogP contribution in [0.4, 0.5) is 49.1 Å². The molecule has 0 unspecified atom stereocenters. The van der Waals surface area contributed by atoms with Crippen molar-refractivity contribution in [1.29, 1.82) is 0 Å². The molecule has 0 radical (unpaired) electrons. The normalized spacial score (nSPS) is 10.7. The van der Waals surface area contributed by atoms with E-state index >= 15 is 0 Å². The van der Waals surface area contributed by atoms with E-state index in [0.717, 1.165) is 36.4 Å². The van der Waals surface area contributed by atoms with Gasteiger partial charge in [-0.05, 0) is 129 Å². The number of ether oxygens (including phenoxy) is 6. The Hall–Kier alpha value is -14.4. The fourth-order valence-corrected chi connectivity index (χ4v) is 10.1. The van der Waals surface area contributed by atoms with Crippen LogP contribution in [-0.4, -0.2) is 89.4 Å². The quantitative estimate of drug-likeness (QED) is 0.00361. The number of rotatable bonds is 34. The molecule has 44 heteroatoms. The predicted molar refractivity (Wildman–Crippen MR) is 390 cm³/mol. The van der Waals surface area contributed by atoms with E-state index in [-0.39, 0.29) is 123 Å². The van der Waals surface area contributed by atoms with Gasteiger partial charge in [0.2, 0.25) is 0 Å². The van der Waals surface area contributed by atoms with Crippen molar-refractivity contribution in [3.63, 3.8) is 0 Å². The topological polar surface area (TPSA) is 521 Å². The number of benzene rings is 8. The fraction of sp³-hybridized carbons (Fsp3) is 0.222. The average Bonchev–Trinajstić information content (AvgIpc) is 0.852. The van der Waals surface area contributed by atoms with E-state index in [1.807, 2.05) is 0 Å². The number of nitro benzene ring substituents is 4. The molecule has 36 nitrogen and oxygen atoms in total. The molecule has 0 heterocycles. The maximum absolute atomic E-state index is 12.5. The Labute approximate surface area is 652 Å². The summed E-state index contributed by atoms with van der Waals surface area (Å²) < 4.78 is 176. The maximum Gasteiger partial charge on any atom is 0.446 e. The van der Waals surface area contributed by atoms with Crippen molar-refractivity contribution in [2.75, 3.05) is 19.9 Å². The summed E-state index contributed by atoms with van der Waals surface area (Å²) in [7, 11) is -9.37. The van der Waals surface area contributed by atoms with Gasteiger partial charge in [0, 0.05) is 70.3 Å². The van der Waals surface area contributed by atoms with Gasteiger partial charge in [-0.1, -0.05) is 76.8 Å². The number of aryl methyl sites for hydroxylation is 1. The van der Waals surface area contributed by atoms with Crippen LogP contribution in [0.25, 0.3) is 20.9 Å². The molecule has 0 saturated heterocycles. The summed E-state index contributed by atoms with van der Waals surface area (Å²) in [5.74, 6) is 2.01. The molecule has 2 N–H and O–H groups in total. The van der Waals surface area contributed by atoms with Gasteiger partial charge in [0.05, 0.1) is 68.6 Å². The van der Waals surface area contributed by atoms with Crippen molar-refractivity contribution >= 4 is 67.4 Å². The molecule has 0 saturated carbocycles. The van der Waals surface area contributed by atoms with Crippen LogP contribution in [0, 0.1) is 65.1 Å².